The van der Waals surface area contributed by atoms with Crippen LogP contribution in [-0.4, -0.2) is 11.0 Å². The predicted octanol–water partition coefficient (Wildman–Crippen LogP) is 7.65. The average molecular weight is 477 g/mol. The van der Waals surface area contributed by atoms with Crippen LogP contribution in [0, 0.1) is 16.7 Å². The third kappa shape index (κ3) is 3.69. The summed E-state index contributed by atoms with van der Waals surface area (Å²) in [5.41, 5.74) is 1.25. The molecular formula is C24H26ClO4PS. The van der Waals surface area contributed by atoms with Crippen LogP contribution in [0.15, 0.2) is 52.3 Å². The number of phosphoric ester groups is 1. The fraction of sp³-hybridized carbons (Fsp3) is 0.417. The van der Waals surface area contributed by atoms with Gasteiger partial charge >= 0.3 is 7.82 Å². The van der Waals surface area contributed by atoms with E-state index in [0.29, 0.717) is 16.7 Å². The first-order valence-electron chi connectivity index (χ1n) is 10.6. The largest absolute Gasteiger partial charge is 0.527 e. The van der Waals surface area contributed by atoms with Gasteiger partial charge in [-0.05, 0) is 60.3 Å². The van der Waals surface area contributed by atoms with Crippen LogP contribution < -0.4 is 0 Å². The summed E-state index contributed by atoms with van der Waals surface area (Å²) >= 11 is 8.01. The van der Waals surface area contributed by atoms with Crippen molar-refractivity contribution in [1.29, 1.82) is 0 Å². The Morgan fingerprint density at radius 3 is 2.61 bits per heavy atom. The zero-order valence-corrected chi connectivity index (χ0v) is 20.3. The van der Waals surface area contributed by atoms with Crippen LogP contribution in [0.4, 0.5) is 0 Å². The molecule has 4 nitrogen and oxygen atoms in total. The van der Waals surface area contributed by atoms with Gasteiger partial charge in [-0.15, -0.1) is 0 Å². The SMILES string of the molecule is CC1(C)[C@@H]2CC[C@@](C)(C2)[C@@H]1OP(=O)(O)OC1=Cc2c(Cl)cccc2Sc2ccccc21. The highest BCUT2D eigenvalue weighted by Crippen LogP contribution is 2.67. The van der Waals surface area contributed by atoms with Gasteiger partial charge in [-0.25, -0.2) is 4.57 Å². The highest BCUT2D eigenvalue weighted by atomic mass is 35.5. The van der Waals surface area contributed by atoms with E-state index in [-0.39, 0.29) is 16.9 Å². The molecule has 1 N–H and O–H groups in total. The fourth-order valence-electron chi connectivity index (χ4n) is 5.71. The van der Waals surface area contributed by atoms with Crippen molar-refractivity contribution in [2.45, 2.75) is 55.9 Å². The van der Waals surface area contributed by atoms with Gasteiger partial charge in [0.05, 0.1) is 6.10 Å². The lowest BCUT2D eigenvalue weighted by atomic mass is 9.70. The minimum Gasteiger partial charge on any atom is -0.403 e. The molecule has 7 heteroatoms. The molecule has 5 rings (SSSR count). The smallest absolute Gasteiger partial charge is 0.403 e. The van der Waals surface area contributed by atoms with Gasteiger partial charge in [0.15, 0.2) is 0 Å². The number of fused-ring (bicyclic) bond motifs is 4. The number of halogens is 1. The third-order valence-electron chi connectivity index (χ3n) is 7.25. The van der Waals surface area contributed by atoms with Crippen LogP contribution in [0.5, 0.6) is 0 Å². The molecule has 2 bridgehead atoms. The molecule has 1 heterocycles. The van der Waals surface area contributed by atoms with E-state index in [0.717, 1.165) is 40.2 Å². The van der Waals surface area contributed by atoms with Gasteiger partial charge < -0.3 is 4.52 Å². The van der Waals surface area contributed by atoms with Crippen molar-refractivity contribution in [2.24, 2.45) is 16.7 Å². The number of rotatable bonds is 4. The second-order valence-electron chi connectivity index (χ2n) is 9.72. The summed E-state index contributed by atoms with van der Waals surface area (Å²) in [7, 11) is -4.39. The van der Waals surface area contributed by atoms with E-state index in [1.54, 1.807) is 23.9 Å². The van der Waals surface area contributed by atoms with E-state index in [1.165, 1.54) is 0 Å². The van der Waals surface area contributed by atoms with Crippen molar-refractivity contribution in [1.82, 2.24) is 0 Å². The molecule has 1 unspecified atom stereocenters. The minimum atomic E-state index is -4.39. The van der Waals surface area contributed by atoms with Crippen LogP contribution in [0.3, 0.4) is 0 Å². The zero-order valence-electron chi connectivity index (χ0n) is 17.8. The molecule has 2 aliphatic carbocycles. The van der Waals surface area contributed by atoms with Gasteiger partial charge in [0.1, 0.15) is 5.76 Å². The van der Waals surface area contributed by atoms with Gasteiger partial charge in [0.2, 0.25) is 0 Å². The second-order valence-corrected chi connectivity index (χ2v) is 12.5. The summed E-state index contributed by atoms with van der Waals surface area (Å²) < 4.78 is 25.0. The van der Waals surface area contributed by atoms with Crippen molar-refractivity contribution in [3.63, 3.8) is 0 Å². The zero-order chi connectivity index (χ0) is 22.0. The van der Waals surface area contributed by atoms with Crippen LogP contribution in [0.2, 0.25) is 5.02 Å². The molecule has 0 radical (unpaired) electrons. The number of hydrogen-bond acceptors (Lipinski definition) is 4. The molecule has 2 fully saturated rings. The highest BCUT2D eigenvalue weighted by Gasteiger charge is 2.62. The minimum absolute atomic E-state index is 0.0998. The van der Waals surface area contributed by atoms with E-state index in [9.17, 15) is 9.46 Å². The van der Waals surface area contributed by atoms with E-state index in [2.05, 4.69) is 20.8 Å². The topological polar surface area (TPSA) is 55.8 Å². The Balaban J connectivity index is 1.51. The molecule has 0 spiro atoms. The van der Waals surface area contributed by atoms with E-state index in [1.807, 2.05) is 36.4 Å². The molecule has 0 aromatic heterocycles. The Kier molecular flexibility index (Phi) is 5.16. The monoisotopic (exact) mass is 476 g/mol. The molecule has 1 aliphatic heterocycles. The summed E-state index contributed by atoms with van der Waals surface area (Å²) in [4.78, 5) is 12.8. The van der Waals surface area contributed by atoms with E-state index >= 15 is 0 Å². The molecule has 31 heavy (non-hydrogen) atoms. The Morgan fingerprint density at radius 2 is 1.87 bits per heavy atom. The van der Waals surface area contributed by atoms with Crippen molar-refractivity contribution < 1.29 is 18.5 Å². The van der Waals surface area contributed by atoms with Gasteiger partial charge in [0, 0.05) is 25.9 Å². The third-order valence-corrected chi connectivity index (χ3v) is 9.64. The summed E-state index contributed by atoms with van der Waals surface area (Å²) in [6.45, 7) is 6.44. The molecule has 0 amide bonds. The summed E-state index contributed by atoms with van der Waals surface area (Å²) in [6.07, 6.45) is 4.59. The lowest BCUT2D eigenvalue weighted by Gasteiger charge is -2.42. The Morgan fingerprint density at radius 1 is 1.13 bits per heavy atom. The fourth-order valence-corrected chi connectivity index (χ4v) is 8.31. The first-order chi connectivity index (χ1) is 14.6. The summed E-state index contributed by atoms with van der Waals surface area (Å²) in [6, 6.07) is 13.4. The number of hydrogen-bond donors (Lipinski definition) is 1. The molecule has 164 valence electrons. The standard InChI is InChI=1S/C24H26ClO4PS/c1-23(2)15-11-12-24(3,14-15)22(23)29-30(26,27)28-19-13-17-18(25)8-6-10-21(17)31-20-9-5-4-7-16(19)20/h4-10,13,15,22H,11-12,14H2,1-3H3,(H,26,27)/t15-,22-,24+/m1/s1. The quantitative estimate of drug-likeness (QED) is 0.459. The van der Waals surface area contributed by atoms with Crippen LogP contribution in [-0.2, 0) is 13.6 Å². The van der Waals surface area contributed by atoms with Gasteiger partial charge in [0.25, 0.3) is 0 Å². The average Bonchev–Trinajstić information content (AvgIpc) is 3.12. The molecule has 2 aromatic carbocycles. The van der Waals surface area contributed by atoms with Crippen LogP contribution in [0.25, 0.3) is 11.8 Å². The lowest BCUT2D eigenvalue weighted by Crippen LogP contribution is -2.41. The molecule has 2 aromatic rings. The molecule has 3 aliphatic rings. The summed E-state index contributed by atoms with van der Waals surface area (Å²) in [5, 5.41) is 0.564. The first kappa shape index (κ1) is 21.6. The van der Waals surface area contributed by atoms with Gasteiger partial charge in [-0.3, -0.25) is 9.42 Å². The molecule has 0 saturated heterocycles. The van der Waals surface area contributed by atoms with Gasteiger partial charge in [-0.1, -0.05) is 68.4 Å². The Bertz CT molecular complexity index is 1130. The maximum atomic E-state index is 13.3. The highest BCUT2D eigenvalue weighted by molar-refractivity contribution is 7.99. The molecular weight excluding hydrogens is 451 g/mol. The van der Waals surface area contributed by atoms with Crippen LogP contribution >= 0.6 is 31.2 Å². The Hall–Kier alpha value is -1.23. The predicted molar refractivity (Wildman–Crippen MR) is 125 cm³/mol. The van der Waals surface area contributed by atoms with Crippen molar-refractivity contribution in [3.8, 4) is 0 Å². The van der Waals surface area contributed by atoms with Crippen molar-refractivity contribution in [2.75, 3.05) is 0 Å². The second kappa shape index (κ2) is 7.40. The maximum Gasteiger partial charge on any atom is 0.527 e. The van der Waals surface area contributed by atoms with Crippen LogP contribution in [0.1, 0.15) is 51.2 Å². The molecule has 2 saturated carbocycles. The number of phosphoric acid groups is 1. The molecule has 4 atom stereocenters. The van der Waals surface area contributed by atoms with Crippen molar-refractivity contribution in [3.05, 3.63) is 58.6 Å². The number of benzene rings is 2. The van der Waals surface area contributed by atoms with Crippen molar-refractivity contribution >= 4 is 43.0 Å². The van der Waals surface area contributed by atoms with E-state index in [4.69, 9.17) is 20.6 Å². The first-order valence-corrected chi connectivity index (χ1v) is 13.3. The van der Waals surface area contributed by atoms with E-state index < -0.39 is 7.82 Å². The summed E-state index contributed by atoms with van der Waals surface area (Å²) in [5.74, 6) is 0.800. The maximum absolute atomic E-state index is 13.3. The normalized spacial score (nSPS) is 30.0. The lowest BCUT2D eigenvalue weighted by molar-refractivity contribution is -0.0317. The Labute approximate surface area is 192 Å². The van der Waals surface area contributed by atoms with Gasteiger partial charge in [-0.2, -0.15) is 0 Å².